The first-order chi connectivity index (χ1) is 10.7. The average molecular weight is 301 g/mol. The van der Waals surface area contributed by atoms with Crippen LogP contribution in [0.5, 0.6) is 0 Å². The minimum absolute atomic E-state index is 0.352. The minimum Gasteiger partial charge on any atom is -0.342 e. The minimum atomic E-state index is 0.352. The van der Waals surface area contributed by atoms with E-state index in [1.54, 1.807) is 0 Å². The molecule has 0 N–H and O–H groups in total. The maximum absolute atomic E-state index is 12.9. The molecule has 0 spiro atoms. The van der Waals surface area contributed by atoms with Crippen molar-refractivity contribution in [2.45, 2.75) is 44.9 Å². The lowest BCUT2D eigenvalue weighted by molar-refractivity contribution is -0.139. The molecule has 0 radical (unpaired) electrons. The molecule has 2 heterocycles. The Morgan fingerprint density at radius 1 is 1.32 bits per heavy atom. The molecule has 2 bridgehead atoms. The summed E-state index contributed by atoms with van der Waals surface area (Å²) in [6.45, 7) is 1.92. The zero-order chi connectivity index (χ0) is 15.1. The van der Waals surface area contributed by atoms with Gasteiger partial charge in [-0.1, -0.05) is 6.42 Å². The Balaban J connectivity index is 1.38. The van der Waals surface area contributed by atoms with Crippen LogP contribution in [0.1, 0.15) is 44.3 Å². The van der Waals surface area contributed by atoms with Crippen molar-refractivity contribution in [1.29, 1.82) is 0 Å². The van der Waals surface area contributed by atoms with Crippen LogP contribution in [-0.2, 0) is 18.3 Å². The molecular weight excluding hydrogens is 274 g/mol. The van der Waals surface area contributed by atoms with Gasteiger partial charge in [-0.05, 0) is 49.9 Å². The lowest BCUT2D eigenvalue weighted by Crippen LogP contribution is -2.44. The van der Waals surface area contributed by atoms with Gasteiger partial charge in [0.15, 0.2) is 0 Å². The smallest absolute Gasteiger partial charge is 0.225 e. The Kier molecular flexibility index (Phi) is 3.71. The fourth-order valence-corrected chi connectivity index (χ4v) is 5.06. The van der Waals surface area contributed by atoms with Gasteiger partial charge in [-0.2, -0.15) is 0 Å². The Bertz CT molecular complexity index is 552. The van der Waals surface area contributed by atoms with Crippen molar-refractivity contribution in [3.63, 3.8) is 0 Å². The SMILES string of the molecule is Cn1ccnc1CC1CCCN(C(=O)C2CC3CCC2C3)C1. The predicted molar refractivity (Wildman–Crippen MR) is 85.2 cm³/mol. The number of fused-ring (bicyclic) bond motifs is 2. The number of nitrogens with zero attached hydrogens (tertiary/aromatic N) is 3. The lowest BCUT2D eigenvalue weighted by Gasteiger charge is -2.36. The Hall–Kier alpha value is -1.32. The van der Waals surface area contributed by atoms with Gasteiger partial charge >= 0.3 is 0 Å². The summed E-state index contributed by atoms with van der Waals surface area (Å²) >= 11 is 0. The fourth-order valence-electron chi connectivity index (χ4n) is 5.06. The summed E-state index contributed by atoms with van der Waals surface area (Å²) in [7, 11) is 2.06. The number of carbonyl (C=O) groups excluding carboxylic acids is 1. The molecule has 4 atom stereocenters. The number of aryl methyl sites for hydroxylation is 1. The fraction of sp³-hybridized carbons (Fsp3) is 0.778. The second-order valence-corrected chi connectivity index (χ2v) is 7.73. The molecule has 1 aromatic heterocycles. The van der Waals surface area contributed by atoms with Crippen LogP contribution in [0.15, 0.2) is 12.4 Å². The van der Waals surface area contributed by atoms with E-state index in [-0.39, 0.29) is 0 Å². The molecule has 2 saturated carbocycles. The number of likely N-dealkylation sites (tertiary alicyclic amines) is 1. The van der Waals surface area contributed by atoms with Gasteiger partial charge in [0.1, 0.15) is 5.82 Å². The van der Waals surface area contributed by atoms with Gasteiger partial charge < -0.3 is 9.47 Å². The van der Waals surface area contributed by atoms with E-state index in [1.807, 2.05) is 12.4 Å². The largest absolute Gasteiger partial charge is 0.342 e. The number of carbonyl (C=O) groups is 1. The van der Waals surface area contributed by atoms with Crippen LogP contribution in [0.3, 0.4) is 0 Å². The van der Waals surface area contributed by atoms with Crippen LogP contribution < -0.4 is 0 Å². The first-order valence-corrected chi connectivity index (χ1v) is 8.95. The molecule has 1 amide bonds. The topological polar surface area (TPSA) is 38.1 Å². The number of hydrogen-bond acceptors (Lipinski definition) is 2. The molecule has 1 aliphatic heterocycles. The highest BCUT2D eigenvalue weighted by Crippen LogP contribution is 2.49. The standard InChI is InChI=1S/C18H27N3O/c1-20-8-6-19-17(20)11-14-3-2-7-21(12-14)18(22)16-10-13-4-5-15(16)9-13/h6,8,13-16H,2-5,7,9-12H2,1H3. The molecule has 3 aliphatic rings. The first kappa shape index (κ1) is 14.3. The van der Waals surface area contributed by atoms with Crippen molar-refractivity contribution in [3.8, 4) is 0 Å². The Labute approximate surface area is 132 Å². The van der Waals surface area contributed by atoms with Crippen molar-refractivity contribution in [2.24, 2.45) is 30.7 Å². The van der Waals surface area contributed by atoms with Crippen molar-refractivity contribution in [3.05, 3.63) is 18.2 Å². The number of aromatic nitrogens is 2. The van der Waals surface area contributed by atoms with Crippen LogP contribution in [-0.4, -0.2) is 33.4 Å². The van der Waals surface area contributed by atoms with E-state index in [9.17, 15) is 4.79 Å². The van der Waals surface area contributed by atoms with Crippen molar-refractivity contribution in [2.75, 3.05) is 13.1 Å². The Morgan fingerprint density at radius 3 is 2.91 bits per heavy atom. The van der Waals surface area contributed by atoms with E-state index in [2.05, 4.69) is 21.5 Å². The maximum atomic E-state index is 12.9. The van der Waals surface area contributed by atoms with E-state index >= 15 is 0 Å². The quantitative estimate of drug-likeness (QED) is 0.861. The highest BCUT2D eigenvalue weighted by atomic mass is 16.2. The van der Waals surface area contributed by atoms with E-state index in [0.717, 1.165) is 37.7 Å². The summed E-state index contributed by atoms with van der Waals surface area (Å²) < 4.78 is 2.11. The molecule has 4 nitrogen and oxygen atoms in total. The van der Waals surface area contributed by atoms with Gasteiger partial charge in [0.2, 0.25) is 5.91 Å². The van der Waals surface area contributed by atoms with Gasteiger partial charge in [0, 0.05) is 44.9 Å². The average Bonchev–Trinajstić information content (AvgIpc) is 3.25. The van der Waals surface area contributed by atoms with E-state index in [0.29, 0.717) is 23.7 Å². The number of imidazole rings is 1. The van der Waals surface area contributed by atoms with E-state index in [1.165, 1.54) is 32.1 Å². The molecule has 4 unspecified atom stereocenters. The molecule has 1 aromatic rings. The summed E-state index contributed by atoms with van der Waals surface area (Å²) in [6.07, 6.45) is 12.4. The molecule has 1 saturated heterocycles. The summed E-state index contributed by atoms with van der Waals surface area (Å²) in [5.41, 5.74) is 0. The maximum Gasteiger partial charge on any atom is 0.225 e. The highest BCUT2D eigenvalue weighted by molar-refractivity contribution is 5.79. The summed E-state index contributed by atoms with van der Waals surface area (Å²) in [4.78, 5) is 19.5. The van der Waals surface area contributed by atoms with Crippen LogP contribution in [0, 0.1) is 23.7 Å². The van der Waals surface area contributed by atoms with Crippen LogP contribution in [0.2, 0.25) is 0 Å². The molecule has 3 fully saturated rings. The van der Waals surface area contributed by atoms with Gasteiger partial charge in [-0.15, -0.1) is 0 Å². The number of hydrogen-bond donors (Lipinski definition) is 0. The van der Waals surface area contributed by atoms with Crippen LogP contribution >= 0.6 is 0 Å². The lowest BCUT2D eigenvalue weighted by atomic mass is 9.86. The van der Waals surface area contributed by atoms with Crippen molar-refractivity contribution >= 4 is 5.91 Å². The predicted octanol–water partition coefficient (Wildman–Crippen LogP) is 2.64. The molecule has 0 aromatic carbocycles. The third-order valence-corrected chi connectivity index (χ3v) is 6.28. The number of amides is 1. The zero-order valence-corrected chi connectivity index (χ0v) is 13.6. The molecule has 4 rings (SSSR count). The van der Waals surface area contributed by atoms with Crippen molar-refractivity contribution in [1.82, 2.24) is 14.5 Å². The van der Waals surface area contributed by atoms with Crippen molar-refractivity contribution < 1.29 is 4.79 Å². The summed E-state index contributed by atoms with van der Waals surface area (Å²) in [6, 6.07) is 0. The molecule has 2 aliphatic carbocycles. The van der Waals surface area contributed by atoms with Gasteiger partial charge in [-0.3, -0.25) is 4.79 Å². The molecule has 120 valence electrons. The van der Waals surface area contributed by atoms with E-state index in [4.69, 9.17) is 0 Å². The second-order valence-electron chi connectivity index (χ2n) is 7.73. The monoisotopic (exact) mass is 301 g/mol. The normalized spacial score (nSPS) is 34.3. The zero-order valence-electron chi connectivity index (χ0n) is 13.6. The number of piperidine rings is 1. The summed E-state index contributed by atoms with van der Waals surface area (Å²) in [5.74, 6) is 4.11. The van der Waals surface area contributed by atoms with Gasteiger partial charge in [0.25, 0.3) is 0 Å². The molecular formula is C18H27N3O. The third kappa shape index (κ3) is 2.57. The van der Waals surface area contributed by atoms with Gasteiger partial charge in [-0.25, -0.2) is 4.98 Å². The number of rotatable bonds is 3. The molecule has 4 heteroatoms. The van der Waals surface area contributed by atoms with Crippen LogP contribution in [0.4, 0.5) is 0 Å². The molecule has 22 heavy (non-hydrogen) atoms. The Morgan fingerprint density at radius 2 is 2.23 bits per heavy atom. The highest BCUT2D eigenvalue weighted by Gasteiger charge is 2.44. The van der Waals surface area contributed by atoms with Crippen LogP contribution in [0.25, 0.3) is 0 Å². The first-order valence-electron chi connectivity index (χ1n) is 8.95. The summed E-state index contributed by atoms with van der Waals surface area (Å²) in [5, 5.41) is 0. The third-order valence-electron chi connectivity index (χ3n) is 6.28. The van der Waals surface area contributed by atoms with E-state index < -0.39 is 0 Å². The van der Waals surface area contributed by atoms with Gasteiger partial charge in [0.05, 0.1) is 0 Å². The second kappa shape index (κ2) is 5.71.